The summed E-state index contributed by atoms with van der Waals surface area (Å²) in [5.41, 5.74) is 0.768. The lowest BCUT2D eigenvalue weighted by Crippen LogP contribution is -2.49. The van der Waals surface area contributed by atoms with Crippen LogP contribution in [0, 0.1) is 5.92 Å². The van der Waals surface area contributed by atoms with E-state index in [-0.39, 0.29) is 57.7 Å². The van der Waals surface area contributed by atoms with Crippen LogP contribution in [0.1, 0.15) is 30.4 Å². The number of fused-ring (bicyclic) bond motifs is 2. The minimum atomic E-state index is -4.31. The summed E-state index contributed by atoms with van der Waals surface area (Å²) in [7, 11) is -4.80. The third kappa shape index (κ3) is 5.11. The normalized spacial score (nSPS) is 22.2. The Hall–Kier alpha value is -3.14. The summed E-state index contributed by atoms with van der Waals surface area (Å²) in [6.45, 7) is -0.0555. The van der Waals surface area contributed by atoms with Crippen molar-refractivity contribution in [1.29, 1.82) is 0 Å². The molecule has 2 aromatic rings. The number of hydrogen-bond donors (Lipinski definition) is 3. The largest absolute Gasteiger partial charge is 0.511 e. The third-order valence-corrected chi connectivity index (χ3v) is 10.2. The van der Waals surface area contributed by atoms with Gasteiger partial charge in [-0.3, -0.25) is 4.79 Å². The number of amidine groups is 1. The molecule has 1 amide bonds. The van der Waals surface area contributed by atoms with Gasteiger partial charge in [-0.1, -0.05) is 6.42 Å². The molecule has 1 aromatic carbocycles. The number of hydrogen-bond acceptors (Lipinski definition) is 10. The van der Waals surface area contributed by atoms with Gasteiger partial charge >= 0.3 is 0 Å². The summed E-state index contributed by atoms with van der Waals surface area (Å²) in [6.07, 6.45) is 3.09. The highest BCUT2D eigenvalue weighted by Crippen LogP contribution is 2.43. The molecule has 0 spiro atoms. The monoisotopic (exact) mass is 596 g/mol. The number of carbonyl (C=O) groups is 1. The quantitative estimate of drug-likeness (QED) is 0.415. The van der Waals surface area contributed by atoms with Crippen LogP contribution >= 0.6 is 11.3 Å². The van der Waals surface area contributed by atoms with Gasteiger partial charge in [0.15, 0.2) is 5.84 Å². The van der Waals surface area contributed by atoms with Crippen molar-refractivity contribution in [3.63, 3.8) is 0 Å². The minimum absolute atomic E-state index is 0.158. The number of carbonyl (C=O) groups excluding carboxylic acids is 1. The van der Waals surface area contributed by atoms with Crippen molar-refractivity contribution in [1.82, 2.24) is 9.62 Å². The highest BCUT2D eigenvalue weighted by atomic mass is 32.2. The predicted molar refractivity (Wildman–Crippen MR) is 145 cm³/mol. The molecule has 15 heteroatoms. The number of aliphatic hydroxyl groups is 1. The van der Waals surface area contributed by atoms with Gasteiger partial charge in [-0.25, -0.2) is 13.1 Å². The standard InChI is InChI=1S/C24H28N4O8S3/c1-35-15-8-7-13(18(9-15)36-2)11-28-17-6-4-5-16(17)20(29)19(24(28)30)22-26-23-21(39(33,34)27-22)14(12-37-23)10-25-38(3,31)32/h7-9,12,16-17,25,29H,4-6,10-11H2,1-3H3,(H,26,27)/t16-,17+/m1/s1. The number of rotatable bonds is 8. The second-order valence-corrected chi connectivity index (χ2v) is 13.8. The molecule has 3 aliphatic rings. The van der Waals surface area contributed by atoms with Crippen LogP contribution in [0.25, 0.3) is 0 Å². The molecule has 1 aromatic heterocycles. The van der Waals surface area contributed by atoms with E-state index in [4.69, 9.17) is 9.47 Å². The highest BCUT2D eigenvalue weighted by molar-refractivity contribution is 7.91. The number of thiophene rings is 1. The van der Waals surface area contributed by atoms with Gasteiger partial charge in [0.05, 0.1) is 20.5 Å². The van der Waals surface area contributed by atoms with Crippen molar-refractivity contribution < 1.29 is 36.2 Å². The molecule has 1 saturated carbocycles. The molecular formula is C24H28N4O8S3. The van der Waals surface area contributed by atoms with Gasteiger partial charge in [0.2, 0.25) is 10.0 Å². The summed E-state index contributed by atoms with van der Waals surface area (Å²) in [6, 6.07) is 5.02. The zero-order valence-corrected chi connectivity index (χ0v) is 23.9. The van der Waals surface area contributed by atoms with Crippen LogP contribution in [0.4, 0.5) is 5.00 Å². The van der Waals surface area contributed by atoms with Gasteiger partial charge in [-0.2, -0.15) is 8.42 Å². The molecule has 2 aliphatic heterocycles. The van der Waals surface area contributed by atoms with Crippen molar-refractivity contribution in [2.24, 2.45) is 10.3 Å². The molecule has 0 saturated heterocycles. The van der Waals surface area contributed by atoms with Crippen molar-refractivity contribution in [3.05, 3.63) is 46.0 Å². The molecular weight excluding hydrogens is 568 g/mol. The number of nitrogens with zero attached hydrogens (tertiary/aromatic N) is 2. The maximum Gasteiger partial charge on any atom is 0.287 e. The van der Waals surface area contributed by atoms with Crippen LogP contribution in [0.3, 0.4) is 0 Å². The molecule has 1 aliphatic carbocycles. The number of methoxy groups -OCH3 is 2. The van der Waals surface area contributed by atoms with E-state index in [9.17, 15) is 26.7 Å². The van der Waals surface area contributed by atoms with Crippen molar-refractivity contribution in [2.75, 3.05) is 25.8 Å². The predicted octanol–water partition coefficient (Wildman–Crippen LogP) is 2.35. The van der Waals surface area contributed by atoms with Gasteiger partial charge in [-0.05, 0) is 30.4 Å². The molecule has 3 N–H and O–H groups in total. The zero-order chi connectivity index (χ0) is 28.1. The van der Waals surface area contributed by atoms with Crippen LogP contribution < -0.4 is 19.5 Å². The average Bonchev–Trinajstić information content (AvgIpc) is 3.53. The lowest BCUT2D eigenvalue weighted by molar-refractivity contribution is -0.132. The van der Waals surface area contributed by atoms with Crippen LogP contribution in [-0.2, 0) is 37.9 Å². The Morgan fingerprint density at radius 3 is 2.69 bits per heavy atom. The first kappa shape index (κ1) is 27.4. The summed E-state index contributed by atoms with van der Waals surface area (Å²) in [4.78, 5) is 15.4. The molecule has 39 heavy (non-hydrogen) atoms. The van der Waals surface area contributed by atoms with Gasteiger partial charge in [0, 0.05) is 42.2 Å². The number of ether oxygens (including phenoxy) is 2. The number of amides is 1. The number of aliphatic hydroxyl groups excluding tert-OH is 1. The Labute approximate surface area is 230 Å². The lowest BCUT2D eigenvalue weighted by Gasteiger charge is -2.39. The SMILES string of the molecule is COc1ccc(CN2C(=O)C(C3=NS(=O)(=O)c4c(CNS(C)(=O)=O)csc4N3)=C(O)[C@@H]3CCC[C@@H]32)c(OC)c1. The number of nitrogens with one attached hydrogen (secondary N) is 2. The Balaban J connectivity index is 1.51. The molecule has 1 fully saturated rings. The highest BCUT2D eigenvalue weighted by Gasteiger charge is 2.47. The van der Waals surface area contributed by atoms with E-state index >= 15 is 0 Å². The third-order valence-electron chi connectivity index (χ3n) is 7.08. The molecule has 0 radical (unpaired) electrons. The van der Waals surface area contributed by atoms with E-state index in [1.54, 1.807) is 30.2 Å². The minimum Gasteiger partial charge on any atom is -0.511 e. The van der Waals surface area contributed by atoms with Crippen LogP contribution in [-0.4, -0.2) is 65.1 Å². The first-order valence-corrected chi connectivity index (χ1v) is 16.3. The Bertz CT molecular complexity index is 1610. The van der Waals surface area contributed by atoms with Crippen molar-refractivity contribution >= 4 is 48.1 Å². The lowest BCUT2D eigenvalue weighted by atomic mass is 9.89. The van der Waals surface area contributed by atoms with Gasteiger partial charge in [-0.15, -0.1) is 15.7 Å². The topological polar surface area (TPSA) is 164 Å². The van der Waals surface area contributed by atoms with E-state index < -0.39 is 26.0 Å². The molecule has 210 valence electrons. The first-order chi connectivity index (χ1) is 18.4. The second-order valence-electron chi connectivity index (χ2n) is 9.53. The van der Waals surface area contributed by atoms with Crippen LogP contribution in [0.5, 0.6) is 11.5 Å². The summed E-state index contributed by atoms with van der Waals surface area (Å²) in [5.74, 6) is -0.220. The molecule has 3 heterocycles. The summed E-state index contributed by atoms with van der Waals surface area (Å²) < 4.78 is 66.4. The van der Waals surface area contributed by atoms with E-state index in [2.05, 4.69) is 14.4 Å². The Morgan fingerprint density at radius 1 is 1.23 bits per heavy atom. The van der Waals surface area contributed by atoms with Gasteiger partial charge in [0.1, 0.15) is 32.7 Å². The summed E-state index contributed by atoms with van der Waals surface area (Å²) in [5, 5.41) is 15.8. The van der Waals surface area contributed by atoms with Crippen molar-refractivity contribution in [2.45, 2.75) is 43.3 Å². The fourth-order valence-electron chi connectivity index (χ4n) is 5.29. The Kier molecular flexibility index (Phi) is 7.11. The van der Waals surface area contributed by atoms with E-state index in [1.165, 1.54) is 12.5 Å². The van der Waals surface area contributed by atoms with E-state index in [0.717, 1.165) is 29.6 Å². The first-order valence-electron chi connectivity index (χ1n) is 12.1. The number of sulfonamides is 2. The number of anilines is 1. The molecule has 12 nitrogen and oxygen atoms in total. The smallest absolute Gasteiger partial charge is 0.287 e. The molecule has 0 bridgehead atoms. The maximum atomic E-state index is 13.9. The molecule has 5 rings (SSSR count). The van der Waals surface area contributed by atoms with Crippen LogP contribution in [0.15, 0.2) is 44.2 Å². The summed E-state index contributed by atoms with van der Waals surface area (Å²) >= 11 is 1.04. The van der Waals surface area contributed by atoms with Crippen molar-refractivity contribution in [3.8, 4) is 11.5 Å². The van der Waals surface area contributed by atoms with Gasteiger partial charge < -0.3 is 24.8 Å². The molecule has 2 atom stereocenters. The van der Waals surface area contributed by atoms with E-state index in [0.29, 0.717) is 24.3 Å². The average molecular weight is 597 g/mol. The fourth-order valence-corrected chi connectivity index (χ4v) is 8.31. The van der Waals surface area contributed by atoms with Gasteiger partial charge in [0.25, 0.3) is 15.9 Å². The second kappa shape index (κ2) is 10.1. The molecule has 0 unspecified atom stereocenters. The maximum absolute atomic E-state index is 13.9. The zero-order valence-electron chi connectivity index (χ0n) is 21.4. The fraction of sp³-hybridized carbons (Fsp3) is 0.417. The Morgan fingerprint density at radius 2 is 2.00 bits per heavy atom. The van der Waals surface area contributed by atoms with Crippen LogP contribution in [0.2, 0.25) is 0 Å². The van der Waals surface area contributed by atoms with E-state index in [1.807, 2.05) is 0 Å². The number of benzene rings is 1.